The predicted molar refractivity (Wildman–Crippen MR) is 113 cm³/mol. The van der Waals surface area contributed by atoms with Crippen LogP contribution in [0.5, 0.6) is 11.5 Å². The third kappa shape index (κ3) is 4.68. The lowest BCUT2D eigenvalue weighted by atomic mass is 10.2. The van der Waals surface area contributed by atoms with Gasteiger partial charge in [-0.2, -0.15) is 4.31 Å². The summed E-state index contributed by atoms with van der Waals surface area (Å²) in [5.74, 6) is 0.285. The lowest BCUT2D eigenvalue weighted by Gasteiger charge is -2.21. The molecule has 0 unspecified atom stereocenters. The number of sulfonamides is 1. The monoisotopic (exact) mass is 466 g/mol. The average Bonchev–Trinajstić information content (AvgIpc) is 3.08. The van der Waals surface area contributed by atoms with Crippen LogP contribution in [0.15, 0.2) is 47.4 Å². The highest BCUT2D eigenvalue weighted by Gasteiger charge is 2.28. The summed E-state index contributed by atoms with van der Waals surface area (Å²) in [7, 11) is -3.75. The van der Waals surface area contributed by atoms with Gasteiger partial charge in [-0.3, -0.25) is 4.79 Å². The van der Waals surface area contributed by atoms with E-state index in [1.165, 1.54) is 22.5 Å². The molecule has 2 aromatic carbocycles. The molecule has 164 valence electrons. The molecule has 7 nitrogen and oxygen atoms in total. The molecule has 0 aliphatic carbocycles. The van der Waals surface area contributed by atoms with Crippen LogP contribution >= 0.6 is 11.6 Å². The van der Waals surface area contributed by atoms with Gasteiger partial charge >= 0.3 is 0 Å². The highest BCUT2D eigenvalue weighted by Crippen LogP contribution is 2.40. The van der Waals surface area contributed by atoms with Gasteiger partial charge in [0.25, 0.3) is 0 Å². The number of carbonyl (C=O) groups excluding carboxylic acids is 1. The minimum atomic E-state index is -3.75. The number of halogens is 2. The van der Waals surface area contributed by atoms with Crippen molar-refractivity contribution in [2.24, 2.45) is 0 Å². The molecule has 0 radical (unpaired) electrons. The molecular formula is C21H20ClFN2O5S. The average molecular weight is 467 g/mol. The van der Waals surface area contributed by atoms with E-state index in [1.807, 2.05) is 0 Å². The molecule has 10 heteroatoms. The van der Waals surface area contributed by atoms with Gasteiger partial charge in [-0.1, -0.05) is 11.6 Å². The molecule has 1 saturated heterocycles. The smallest absolute Gasteiger partial charge is 0.246 e. The van der Waals surface area contributed by atoms with E-state index in [0.29, 0.717) is 35.1 Å². The van der Waals surface area contributed by atoms with Gasteiger partial charge in [0, 0.05) is 32.3 Å². The number of hydrogen-bond donors (Lipinski definition) is 0. The number of rotatable bonds is 4. The zero-order valence-corrected chi connectivity index (χ0v) is 18.0. The molecule has 2 aromatic rings. The third-order valence-electron chi connectivity index (χ3n) is 5.09. The molecule has 2 aliphatic heterocycles. The minimum absolute atomic E-state index is 0.0354. The van der Waals surface area contributed by atoms with Gasteiger partial charge in [-0.25, -0.2) is 12.8 Å². The zero-order valence-electron chi connectivity index (χ0n) is 16.5. The van der Waals surface area contributed by atoms with Crippen molar-refractivity contribution in [1.82, 2.24) is 9.21 Å². The Morgan fingerprint density at radius 1 is 1.06 bits per heavy atom. The quantitative estimate of drug-likeness (QED) is 0.647. The van der Waals surface area contributed by atoms with Crippen molar-refractivity contribution >= 4 is 33.6 Å². The van der Waals surface area contributed by atoms with Gasteiger partial charge in [-0.05, 0) is 54.5 Å². The largest absolute Gasteiger partial charge is 0.454 e. The summed E-state index contributed by atoms with van der Waals surface area (Å²) in [5, 5.41) is 0.401. The SMILES string of the molecule is O=C(/C=C/c1cc(Cl)c2c(c1)OCO2)N1CCCN(S(=O)(=O)c2ccc(F)cc2)CC1. The second-order valence-electron chi connectivity index (χ2n) is 7.11. The van der Waals surface area contributed by atoms with Gasteiger partial charge in [0.15, 0.2) is 11.5 Å². The first-order valence-corrected chi connectivity index (χ1v) is 11.5. The number of fused-ring (bicyclic) bond motifs is 1. The van der Waals surface area contributed by atoms with Gasteiger partial charge in [0.2, 0.25) is 22.7 Å². The summed E-state index contributed by atoms with van der Waals surface area (Å²) in [6.07, 6.45) is 3.56. The minimum Gasteiger partial charge on any atom is -0.454 e. The number of ether oxygens (including phenoxy) is 2. The van der Waals surface area contributed by atoms with E-state index in [9.17, 15) is 17.6 Å². The van der Waals surface area contributed by atoms with Crippen molar-refractivity contribution in [2.45, 2.75) is 11.3 Å². The zero-order chi connectivity index (χ0) is 22.0. The van der Waals surface area contributed by atoms with E-state index in [1.54, 1.807) is 23.1 Å². The number of nitrogens with zero attached hydrogens (tertiary/aromatic N) is 2. The maximum atomic E-state index is 13.1. The second kappa shape index (κ2) is 8.86. The molecule has 0 spiro atoms. The van der Waals surface area contributed by atoms with Crippen LogP contribution in [0.3, 0.4) is 0 Å². The van der Waals surface area contributed by atoms with E-state index in [4.69, 9.17) is 21.1 Å². The Morgan fingerprint density at radius 3 is 2.61 bits per heavy atom. The fraction of sp³-hybridized carbons (Fsp3) is 0.286. The molecule has 1 fully saturated rings. The molecule has 0 aromatic heterocycles. The molecule has 2 heterocycles. The first-order valence-electron chi connectivity index (χ1n) is 9.66. The first-order chi connectivity index (χ1) is 14.8. The Balaban J connectivity index is 1.41. The summed E-state index contributed by atoms with van der Waals surface area (Å²) in [6.45, 7) is 1.23. The highest BCUT2D eigenvalue weighted by molar-refractivity contribution is 7.89. The van der Waals surface area contributed by atoms with Crippen molar-refractivity contribution < 1.29 is 27.1 Å². The van der Waals surface area contributed by atoms with E-state index in [-0.39, 0.29) is 37.2 Å². The van der Waals surface area contributed by atoms with Crippen LogP contribution in [0, 0.1) is 5.82 Å². The summed E-state index contributed by atoms with van der Waals surface area (Å²) < 4.78 is 50.7. The molecule has 2 aliphatic rings. The molecule has 0 atom stereocenters. The van der Waals surface area contributed by atoms with Crippen molar-refractivity contribution in [3.8, 4) is 11.5 Å². The van der Waals surface area contributed by atoms with Gasteiger partial charge in [-0.15, -0.1) is 0 Å². The van der Waals surface area contributed by atoms with Crippen molar-refractivity contribution in [3.05, 3.63) is 58.9 Å². The van der Waals surface area contributed by atoms with E-state index >= 15 is 0 Å². The standard InChI is InChI=1S/C21H20ClFN2O5S/c22-18-12-15(13-19-21(18)30-14-29-19)2-7-20(26)24-8-1-9-25(11-10-24)31(27,28)17-5-3-16(23)4-6-17/h2-7,12-13H,1,8-11,14H2/b7-2+. The summed E-state index contributed by atoms with van der Waals surface area (Å²) in [5.41, 5.74) is 0.693. The van der Waals surface area contributed by atoms with Gasteiger partial charge in [0.05, 0.1) is 9.92 Å². The van der Waals surface area contributed by atoms with Crippen LogP contribution in [-0.4, -0.2) is 56.5 Å². The van der Waals surface area contributed by atoms with Crippen molar-refractivity contribution in [3.63, 3.8) is 0 Å². The molecule has 0 saturated carbocycles. The van der Waals surface area contributed by atoms with E-state index < -0.39 is 15.8 Å². The predicted octanol–water partition coefficient (Wildman–Crippen LogP) is 3.14. The normalized spacial score (nSPS) is 17.2. The van der Waals surface area contributed by atoms with Gasteiger partial charge < -0.3 is 14.4 Å². The first kappa shape index (κ1) is 21.6. The maximum Gasteiger partial charge on any atom is 0.246 e. The molecule has 0 bridgehead atoms. The Morgan fingerprint density at radius 2 is 1.84 bits per heavy atom. The summed E-state index contributed by atoms with van der Waals surface area (Å²) in [6, 6.07) is 8.15. The number of carbonyl (C=O) groups is 1. The Hall–Kier alpha value is -2.62. The molecular weight excluding hydrogens is 447 g/mol. The van der Waals surface area contributed by atoms with Crippen LogP contribution in [0.2, 0.25) is 5.02 Å². The highest BCUT2D eigenvalue weighted by atomic mass is 35.5. The molecule has 0 N–H and O–H groups in total. The molecule has 1 amide bonds. The van der Waals surface area contributed by atoms with Crippen LogP contribution in [0.4, 0.5) is 4.39 Å². The van der Waals surface area contributed by atoms with Crippen LogP contribution < -0.4 is 9.47 Å². The fourth-order valence-electron chi connectivity index (χ4n) is 3.47. The number of hydrogen-bond acceptors (Lipinski definition) is 5. The molecule has 31 heavy (non-hydrogen) atoms. The van der Waals surface area contributed by atoms with Crippen LogP contribution in [-0.2, 0) is 14.8 Å². The fourth-order valence-corrected chi connectivity index (χ4v) is 5.21. The lowest BCUT2D eigenvalue weighted by Crippen LogP contribution is -2.36. The maximum absolute atomic E-state index is 13.1. The Bertz CT molecular complexity index is 1120. The van der Waals surface area contributed by atoms with Gasteiger partial charge in [0.1, 0.15) is 5.82 Å². The van der Waals surface area contributed by atoms with Crippen molar-refractivity contribution in [2.75, 3.05) is 33.0 Å². The second-order valence-corrected chi connectivity index (χ2v) is 9.45. The summed E-state index contributed by atoms with van der Waals surface area (Å²) >= 11 is 6.16. The Labute approximate surface area is 184 Å². The van der Waals surface area contributed by atoms with E-state index in [0.717, 1.165) is 12.1 Å². The third-order valence-corrected chi connectivity index (χ3v) is 7.28. The lowest BCUT2D eigenvalue weighted by molar-refractivity contribution is -0.125. The van der Waals surface area contributed by atoms with E-state index in [2.05, 4.69) is 0 Å². The summed E-state index contributed by atoms with van der Waals surface area (Å²) in [4.78, 5) is 14.3. The number of benzene rings is 2. The Kier molecular flexibility index (Phi) is 6.17. The number of amides is 1. The van der Waals surface area contributed by atoms with Crippen LogP contribution in [0.1, 0.15) is 12.0 Å². The molecule has 4 rings (SSSR count). The topological polar surface area (TPSA) is 76.2 Å². The van der Waals surface area contributed by atoms with Crippen LogP contribution in [0.25, 0.3) is 6.08 Å². The van der Waals surface area contributed by atoms with Crippen molar-refractivity contribution in [1.29, 1.82) is 0 Å².